The Kier molecular flexibility index (Phi) is 7.13. The largest absolute Gasteiger partial charge is 0.416 e. The minimum Gasteiger partial charge on any atom is -0.316 e. The second kappa shape index (κ2) is 9.98. The molecule has 3 rings (SSSR count). The van der Waals surface area contributed by atoms with Crippen molar-refractivity contribution in [2.24, 2.45) is 0 Å². The summed E-state index contributed by atoms with van der Waals surface area (Å²) in [5, 5.41) is 2.60. The van der Waals surface area contributed by atoms with E-state index in [1.54, 1.807) is 4.90 Å². The second-order valence-corrected chi connectivity index (χ2v) is 7.25. The summed E-state index contributed by atoms with van der Waals surface area (Å²) in [5.41, 5.74) is 2.18. The maximum absolute atomic E-state index is 13.0. The number of nitrogens with one attached hydrogen (secondary N) is 1. The Bertz CT molecular complexity index is 1030. The molecule has 0 saturated carbocycles. The topological polar surface area (TPSA) is 32.3 Å². The van der Waals surface area contributed by atoms with Gasteiger partial charge in [-0.15, -0.1) is 0 Å². The number of carbonyl (C=O) groups is 1. The number of nitrogens with zero attached hydrogens (tertiary/aromatic N) is 1. The molecule has 160 valence electrons. The Balaban J connectivity index is 1.80. The molecule has 3 nitrogen and oxygen atoms in total. The van der Waals surface area contributed by atoms with Crippen LogP contribution in [0.2, 0.25) is 0 Å². The van der Waals surface area contributed by atoms with E-state index in [4.69, 9.17) is 0 Å². The Morgan fingerprint density at radius 3 is 2.23 bits per heavy atom. The first-order valence-electron chi connectivity index (χ1n) is 9.80. The van der Waals surface area contributed by atoms with Gasteiger partial charge in [-0.05, 0) is 36.2 Å². The van der Waals surface area contributed by atoms with Gasteiger partial charge in [-0.25, -0.2) is 4.79 Å². The molecule has 3 aromatic rings. The van der Waals surface area contributed by atoms with Crippen molar-refractivity contribution in [2.45, 2.75) is 19.6 Å². The summed E-state index contributed by atoms with van der Waals surface area (Å²) in [4.78, 5) is 14.5. The normalized spacial score (nSPS) is 11.8. The molecule has 0 aromatic heterocycles. The van der Waals surface area contributed by atoms with Crippen molar-refractivity contribution < 1.29 is 18.0 Å². The highest BCUT2D eigenvalue weighted by Crippen LogP contribution is 2.30. The van der Waals surface area contributed by atoms with E-state index in [1.807, 2.05) is 73.7 Å². The number of carbonyl (C=O) groups excluding carboxylic acids is 1. The molecule has 0 unspecified atom stereocenters. The molecule has 0 heterocycles. The van der Waals surface area contributed by atoms with Gasteiger partial charge in [0.25, 0.3) is 0 Å². The minimum absolute atomic E-state index is 0.0996. The first-order chi connectivity index (χ1) is 14.8. The number of hydrogen-bond acceptors (Lipinski definition) is 1. The summed E-state index contributed by atoms with van der Waals surface area (Å²) in [7, 11) is 0. The monoisotopic (exact) mass is 424 g/mol. The minimum atomic E-state index is -4.47. The fourth-order valence-corrected chi connectivity index (χ4v) is 3.16. The number of alkyl halides is 3. The summed E-state index contributed by atoms with van der Waals surface area (Å²) in [6.07, 6.45) is -2.49. The molecule has 0 bridgehead atoms. The van der Waals surface area contributed by atoms with E-state index in [1.165, 1.54) is 12.1 Å². The SMILES string of the molecule is C/C(=C\c1ccccc1)CN(Cc1ccccc1)C(=O)Nc1cccc(C(F)(F)F)c1. The van der Waals surface area contributed by atoms with Crippen molar-refractivity contribution in [3.05, 3.63) is 107 Å². The zero-order valence-electron chi connectivity index (χ0n) is 17.1. The standard InChI is InChI=1S/C25H23F3N2O/c1-19(15-20-9-4-2-5-10-20)17-30(18-21-11-6-3-7-12-21)24(31)29-23-14-8-13-22(16-23)25(26,27)28/h2-16H,17-18H2,1H3,(H,29,31)/b19-15+. The lowest BCUT2D eigenvalue weighted by Gasteiger charge is -2.24. The average Bonchev–Trinajstić information content (AvgIpc) is 2.74. The average molecular weight is 424 g/mol. The van der Waals surface area contributed by atoms with Gasteiger partial charge in [0.2, 0.25) is 0 Å². The van der Waals surface area contributed by atoms with E-state index >= 15 is 0 Å². The zero-order valence-corrected chi connectivity index (χ0v) is 17.1. The van der Waals surface area contributed by atoms with Crippen LogP contribution in [0.5, 0.6) is 0 Å². The molecular formula is C25H23F3N2O. The van der Waals surface area contributed by atoms with Gasteiger partial charge in [-0.2, -0.15) is 13.2 Å². The van der Waals surface area contributed by atoms with Crippen molar-refractivity contribution in [1.82, 2.24) is 4.90 Å². The van der Waals surface area contributed by atoms with E-state index in [0.29, 0.717) is 13.1 Å². The summed E-state index contributed by atoms with van der Waals surface area (Å²) in [6.45, 7) is 2.57. The number of urea groups is 1. The number of benzene rings is 3. The zero-order chi connectivity index (χ0) is 22.3. The molecular weight excluding hydrogens is 401 g/mol. The molecule has 2 amide bonds. The predicted octanol–water partition coefficient (Wildman–Crippen LogP) is 6.84. The third kappa shape index (κ3) is 6.74. The third-order valence-electron chi connectivity index (χ3n) is 4.60. The molecule has 0 aliphatic carbocycles. The van der Waals surface area contributed by atoms with Gasteiger partial charge >= 0.3 is 12.2 Å². The second-order valence-electron chi connectivity index (χ2n) is 7.25. The van der Waals surface area contributed by atoms with Gasteiger partial charge < -0.3 is 10.2 Å². The molecule has 6 heteroatoms. The predicted molar refractivity (Wildman–Crippen MR) is 117 cm³/mol. The molecule has 0 spiro atoms. The van der Waals surface area contributed by atoms with Crippen LogP contribution in [0.15, 0.2) is 90.5 Å². The van der Waals surface area contributed by atoms with Crippen molar-refractivity contribution in [3.63, 3.8) is 0 Å². The Hall–Kier alpha value is -3.54. The van der Waals surface area contributed by atoms with Crippen LogP contribution in [0.3, 0.4) is 0 Å². The van der Waals surface area contributed by atoms with Crippen LogP contribution < -0.4 is 5.32 Å². The van der Waals surface area contributed by atoms with Gasteiger partial charge in [0.15, 0.2) is 0 Å². The molecule has 1 N–H and O–H groups in total. The lowest BCUT2D eigenvalue weighted by Crippen LogP contribution is -2.35. The van der Waals surface area contributed by atoms with E-state index in [2.05, 4.69) is 5.32 Å². The molecule has 0 aliphatic rings. The van der Waals surface area contributed by atoms with Crippen LogP contribution in [0.1, 0.15) is 23.6 Å². The van der Waals surface area contributed by atoms with Crippen LogP contribution in [0.25, 0.3) is 6.08 Å². The fourth-order valence-electron chi connectivity index (χ4n) is 3.16. The summed E-state index contributed by atoms with van der Waals surface area (Å²) < 4.78 is 39.0. The Labute approximate surface area is 179 Å². The first-order valence-corrected chi connectivity index (χ1v) is 9.80. The van der Waals surface area contributed by atoms with Crippen molar-refractivity contribution in [2.75, 3.05) is 11.9 Å². The Morgan fingerprint density at radius 2 is 1.58 bits per heavy atom. The van der Waals surface area contributed by atoms with Gasteiger partial charge in [0, 0.05) is 18.8 Å². The van der Waals surface area contributed by atoms with Crippen LogP contribution in [-0.4, -0.2) is 17.5 Å². The van der Waals surface area contributed by atoms with Crippen LogP contribution in [-0.2, 0) is 12.7 Å². The Morgan fingerprint density at radius 1 is 0.935 bits per heavy atom. The highest BCUT2D eigenvalue weighted by Gasteiger charge is 2.30. The van der Waals surface area contributed by atoms with Gasteiger partial charge in [0.1, 0.15) is 0 Å². The van der Waals surface area contributed by atoms with E-state index in [9.17, 15) is 18.0 Å². The lowest BCUT2D eigenvalue weighted by molar-refractivity contribution is -0.137. The number of rotatable bonds is 6. The van der Waals surface area contributed by atoms with Crippen molar-refractivity contribution >= 4 is 17.8 Å². The van der Waals surface area contributed by atoms with Gasteiger partial charge in [0.05, 0.1) is 5.56 Å². The van der Waals surface area contributed by atoms with E-state index in [0.717, 1.165) is 28.8 Å². The highest BCUT2D eigenvalue weighted by atomic mass is 19.4. The van der Waals surface area contributed by atoms with E-state index < -0.39 is 17.8 Å². The molecule has 0 fully saturated rings. The summed E-state index contributed by atoms with van der Waals surface area (Å²) >= 11 is 0. The maximum atomic E-state index is 13.0. The smallest absolute Gasteiger partial charge is 0.316 e. The van der Waals surface area contributed by atoms with Crippen LogP contribution >= 0.6 is 0 Å². The molecule has 31 heavy (non-hydrogen) atoms. The third-order valence-corrected chi connectivity index (χ3v) is 4.60. The number of anilines is 1. The molecule has 0 atom stereocenters. The van der Waals surface area contributed by atoms with Crippen molar-refractivity contribution in [1.29, 1.82) is 0 Å². The number of halogens is 3. The maximum Gasteiger partial charge on any atom is 0.416 e. The highest BCUT2D eigenvalue weighted by molar-refractivity contribution is 5.89. The van der Waals surface area contributed by atoms with E-state index in [-0.39, 0.29) is 5.69 Å². The first kappa shape index (κ1) is 22.2. The molecule has 0 aliphatic heterocycles. The fraction of sp³-hybridized carbons (Fsp3) is 0.160. The number of amides is 2. The quantitative estimate of drug-likeness (QED) is 0.461. The van der Waals surface area contributed by atoms with Gasteiger partial charge in [-0.3, -0.25) is 0 Å². The molecule has 0 saturated heterocycles. The lowest BCUT2D eigenvalue weighted by atomic mass is 10.1. The molecule has 0 radical (unpaired) electrons. The van der Waals surface area contributed by atoms with Gasteiger partial charge in [-0.1, -0.05) is 78.4 Å². The van der Waals surface area contributed by atoms with Crippen LogP contribution in [0, 0.1) is 0 Å². The van der Waals surface area contributed by atoms with Crippen LogP contribution in [0.4, 0.5) is 23.7 Å². The number of hydrogen-bond donors (Lipinski definition) is 1. The molecule has 3 aromatic carbocycles. The summed E-state index contributed by atoms with van der Waals surface area (Å²) in [5.74, 6) is 0. The summed E-state index contributed by atoms with van der Waals surface area (Å²) in [6, 6.07) is 23.3. The van der Waals surface area contributed by atoms with Crippen molar-refractivity contribution in [3.8, 4) is 0 Å².